The molecule has 0 aromatic heterocycles. The fourth-order valence-electron chi connectivity index (χ4n) is 1.91. The van der Waals surface area contributed by atoms with Gasteiger partial charge in [-0.25, -0.2) is 4.39 Å². The van der Waals surface area contributed by atoms with E-state index in [4.69, 9.17) is 5.73 Å². The van der Waals surface area contributed by atoms with Crippen LogP contribution in [0.2, 0.25) is 0 Å². The smallest absolute Gasteiger partial charge is 0.253 e. The monoisotopic (exact) mass is 236 g/mol. The quantitative estimate of drug-likeness (QED) is 0.787. The van der Waals surface area contributed by atoms with Crippen molar-refractivity contribution in [2.45, 2.75) is 19.8 Å². The van der Waals surface area contributed by atoms with Crippen LogP contribution < -0.4 is 11.1 Å². The van der Waals surface area contributed by atoms with Gasteiger partial charge in [0.25, 0.3) is 5.91 Å². The Bertz CT molecular complexity index is 429. The Morgan fingerprint density at radius 3 is 2.94 bits per heavy atom. The number of carbonyl (C=O) groups excluding carboxylic acids is 1. The highest BCUT2D eigenvalue weighted by Crippen LogP contribution is 2.36. The van der Waals surface area contributed by atoms with Gasteiger partial charge in [0, 0.05) is 12.2 Å². The van der Waals surface area contributed by atoms with E-state index < -0.39 is 5.82 Å². The zero-order valence-corrected chi connectivity index (χ0v) is 9.87. The molecule has 4 heteroatoms. The van der Waals surface area contributed by atoms with Crippen molar-refractivity contribution in [2.24, 2.45) is 11.8 Å². The SMILES string of the molecule is CC(CNC(=O)c1cc(F)ccc1N)C1CC1. The maximum Gasteiger partial charge on any atom is 0.253 e. The average molecular weight is 236 g/mol. The van der Waals surface area contributed by atoms with E-state index in [2.05, 4.69) is 12.2 Å². The van der Waals surface area contributed by atoms with Crippen molar-refractivity contribution >= 4 is 11.6 Å². The maximum atomic E-state index is 13.0. The summed E-state index contributed by atoms with van der Waals surface area (Å²) in [6.45, 7) is 2.74. The number of rotatable bonds is 4. The second-order valence-corrected chi connectivity index (χ2v) is 4.76. The summed E-state index contributed by atoms with van der Waals surface area (Å²) in [5, 5.41) is 2.80. The number of benzene rings is 1. The molecule has 1 atom stereocenters. The van der Waals surface area contributed by atoms with Crippen molar-refractivity contribution in [1.29, 1.82) is 0 Å². The molecule has 92 valence electrons. The van der Waals surface area contributed by atoms with Gasteiger partial charge in [-0.15, -0.1) is 0 Å². The predicted molar refractivity (Wildman–Crippen MR) is 65.0 cm³/mol. The predicted octanol–water partition coefficient (Wildman–Crippen LogP) is 2.18. The van der Waals surface area contributed by atoms with Crippen LogP contribution in [0, 0.1) is 17.7 Å². The largest absolute Gasteiger partial charge is 0.398 e. The minimum Gasteiger partial charge on any atom is -0.398 e. The van der Waals surface area contributed by atoms with Gasteiger partial charge in [-0.3, -0.25) is 4.79 Å². The molecule has 1 saturated carbocycles. The van der Waals surface area contributed by atoms with E-state index in [1.807, 2.05) is 0 Å². The van der Waals surface area contributed by atoms with Gasteiger partial charge in [0.05, 0.1) is 5.56 Å². The number of halogens is 1. The fourth-order valence-corrected chi connectivity index (χ4v) is 1.91. The van der Waals surface area contributed by atoms with E-state index in [-0.39, 0.29) is 11.5 Å². The normalized spacial score (nSPS) is 16.6. The van der Waals surface area contributed by atoms with Crippen molar-refractivity contribution in [3.63, 3.8) is 0 Å². The van der Waals surface area contributed by atoms with Crippen LogP contribution in [0.3, 0.4) is 0 Å². The molecule has 3 nitrogen and oxygen atoms in total. The molecule has 0 heterocycles. The lowest BCUT2D eigenvalue weighted by Crippen LogP contribution is -2.29. The van der Waals surface area contributed by atoms with E-state index in [1.54, 1.807) is 0 Å². The molecule has 0 saturated heterocycles. The van der Waals surface area contributed by atoms with E-state index in [0.717, 1.165) is 5.92 Å². The molecule has 1 aromatic carbocycles. The van der Waals surface area contributed by atoms with Crippen molar-refractivity contribution in [3.8, 4) is 0 Å². The molecule has 1 unspecified atom stereocenters. The van der Waals surface area contributed by atoms with Gasteiger partial charge in [-0.1, -0.05) is 6.92 Å². The summed E-state index contributed by atoms with van der Waals surface area (Å²) in [5.74, 6) is 0.475. The summed E-state index contributed by atoms with van der Waals surface area (Å²) in [5.41, 5.74) is 6.17. The lowest BCUT2D eigenvalue weighted by molar-refractivity contribution is 0.0947. The van der Waals surface area contributed by atoms with Crippen molar-refractivity contribution in [2.75, 3.05) is 12.3 Å². The number of nitrogens with one attached hydrogen (secondary N) is 1. The van der Waals surface area contributed by atoms with Gasteiger partial charge in [0.2, 0.25) is 0 Å². The molecule has 1 aromatic rings. The van der Waals surface area contributed by atoms with Crippen LogP contribution in [0.1, 0.15) is 30.1 Å². The third-order valence-electron chi connectivity index (χ3n) is 3.27. The topological polar surface area (TPSA) is 55.1 Å². The first kappa shape index (κ1) is 11.9. The Labute approximate surface area is 100 Å². The van der Waals surface area contributed by atoms with Gasteiger partial charge < -0.3 is 11.1 Å². The Hall–Kier alpha value is -1.58. The first-order chi connectivity index (χ1) is 8.08. The van der Waals surface area contributed by atoms with Crippen LogP contribution in [0.25, 0.3) is 0 Å². The summed E-state index contributed by atoms with van der Waals surface area (Å²) in [6.07, 6.45) is 2.50. The Balaban J connectivity index is 1.96. The highest BCUT2D eigenvalue weighted by atomic mass is 19.1. The van der Waals surface area contributed by atoms with E-state index >= 15 is 0 Å². The fraction of sp³-hybridized carbons (Fsp3) is 0.462. The molecule has 17 heavy (non-hydrogen) atoms. The number of carbonyl (C=O) groups is 1. The average Bonchev–Trinajstić information content (AvgIpc) is 3.12. The highest BCUT2D eigenvalue weighted by Gasteiger charge is 2.28. The molecule has 0 radical (unpaired) electrons. The molecular weight excluding hydrogens is 219 g/mol. The number of nitrogen functional groups attached to an aromatic ring is 1. The second-order valence-electron chi connectivity index (χ2n) is 4.76. The highest BCUT2D eigenvalue weighted by molar-refractivity contribution is 5.99. The number of hydrogen-bond acceptors (Lipinski definition) is 2. The Kier molecular flexibility index (Phi) is 3.31. The standard InChI is InChI=1S/C13H17FN2O/c1-8(9-2-3-9)7-16-13(17)11-6-10(14)4-5-12(11)15/h4-6,8-9H,2-3,7,15H2,1H3,(H,16,17). The molecule has 1 amide bonds. The van der Waals surface area contributed by atoms with Crippen LogP contribution in [0.15, 0.2) is 18.2 Å². The van der Waals surface area contributed by atoms with Crippen LogP contribution in [-0.2, 0) is 0 Å². The summed E-state index contributed by atoms with van der Waals surface area (Å²) in [4.78, 5) is 11.8. The Morgan fingerprint density at radius 2 is 2.29 bits per heavy atom. The first-order valence-corrected chi connectivity index (χ1v) is 5.91. The molecule has 0 bridgehead atoms. The van der Waals surface area contributed by atoms with Crippen molar-refractivity contribution < 1.29 is 9.18 Å². The van der Waals surface area contributed by atoms with Gasteiger partial charge in [-0.05, 0) is 42.9 Å². The molecule has 1 aliphatic rings. The summed E-state index contributed by atoms with van der Waals surface area (Å²) in [7, 11) is 0. The molecule has 2 rings (SSSR count). The third kappa shape index (κ3) is 2.96. The molecule has 0 spiro atoms. The number of anilines is 1. The molecule has 1 fully saturated rings. The van der Waals surface area contributed by atoms with Gasteiger partial charge in [0.1, 0.15) is 5.82 Å². The van der Waals surface area contributed by atoms with Crippen molar-refractivity contribution in [1.82, 2.24) is 5.32 Å². The Morgan fingerprint density at radius 1 is 1.59 bits per heavy atom. The van der Waals surface area contributed by atoms with Crippen LogP contribution in [0.4, 0.5) is 10.1 Å². The number of hydrogen-bond donors (Lipinski definition) is 2. The molecule has 0 aliphatic heterocycles. The van der Waals surface area contributed by atoms with E-state index in [0.29, 0.717) is 18.2 Å². The van der Waals surface area contributed by atoms with Gasteiger partial charge in [-0.2, -0.15) is 0 Å². The molecule has 3 N–H and O–H groups in total. The summed E-state index contributed by atoms with van der Waals surface area (Å²) < 4.78 is 13.0. The molecular formula is C13H17FN2O. The van der Waals surface area contributed by atoms with E-state index in [1.165, 1.54) is 31.0 Å². The lowest BCUT2D eigenvalue weighted by Gasteiger charge is -2.12. The van der Waals surface area contributed by atoms with Crippen LogP contribution in [-0.4, -0.2) is 12.5 Å². The minimum atomic E-state index is -0.445. The zero-order chi connectivity index (χ0) is 12.4. The number of nitrogens with two attached hydrogens (primary N) is 1. The summed E-state index contributed by atoms with van der Waals surface area (Å²) >= 11 is 0. The lowest BCUT2D eigenvalue weighted by atomic mass is 10.1. The zero-order valence-electron chi connectivity index (χ0n) is 9.87. The third-order valence-corrected chi connectivity index (χ3v) is 3.27. The molecule has 1 aliphatic carbocycles. The first-order valence-electron chi connectivity index (χ1n) is 5.91. The van der Waals surface area contributed by atoms with E-state index in [9.17, 15) is 9.18 Å². The van der Waals surface area contributed by atoms with Crippen LogP contribution in [0.5, 0.6) is 0 Å². The van der Waals surface area contributed by atoms with Crippen molar-refractivity contribution in [3.05, 3.63) is 29.6 Å². The van der Waals surface area contributed by atoms with Crippen LogP contribution >= 0.6 is 0 Å². The second kappa shape index (κ2) is 4.73. The number of amides is 1. The summed E-state index contributed by atoms with van der Waals surface area (Å²) in [6, 6.07) is 3.83. The minimum absolute atomic E-state index is 0.216. The van der Waals surface area contributed by atoms with Gasteiger partial charge in [0.15, 0.2) is 0 Å². The maximum absolute atomic E-state index is 13.0. The van der Waals surface area contributed by atoms with Gasteiger partial charge >= 0.3 is 0 Å².